The number of aromatic nitrogens is 4. The van der Waals surface area contributed by atoms with Crippen molar-refractivity contribution in [2.75, 3.05) is 41.5 Å². The van der Waals surface area contributed by atoms with E-state index in [1.54, 1.807) is 29.8 Å². The van der Waals surface area contributed by atoms with Crippen LogP contribution in [0.4, 0.5) is 9.59 Å². The maximum Gasteiger partial charge on any atom is 0.407 e. The maximum absolute atomic E-state index is 13.6. The van der Waals surface area contributed by atoms with E-state index in [0.717, 1.165) is 59.1 Å². The first kappa shape index (κ1) is 39.8. The summed E-state index contributed by atoms with van der Waals surface area (Å²) in [6.45, 7) is 4.51. The van der Waals surface area contributed by atoms with Gasteiger partial charge < -0.3 is 49.3 Å². The van der Waals surface area contributed by atoms with Crippen LogP contribution in [-0.2, 0) is 28.5 Å². The number of likely N-dealkylation sites (tertiary alicyclic amines) is 2. The molecule has 2 aromatic carbocycles. The average Bonchev–Trinajstić information content (AvgIpc) is 4.06. The third kappa shape index (κ3) is 8.64. The molecule has 0 spiro atoms. The SMILES string of the molecule is COC(=O)NC(C(=O)N1CCCC1c1ncc(-c2ccc(C#Cc3ccc4nc(C5CCCN5C(=O)C(NC(=O)OC)C(C)OC)[nH]c4c3)cc2)[nH]1)C(C)OC. The van der Waals surface area contributed by atoms with Crippen LogP contribution < -0.4 is 10.6 Å². The first-order chi connectivity index (χ1) is 27.0. The number of aromatic amines is 2. The van der Waals surface area contributed by atoms with E-state index in [2.05, 4.69) is 37.4 Å². The number of methoxy groups -OCH3 is 4. The number of ether oxygens (including phenoxy) is 4. The molecule has 2 saturated heterocycles. The van der Waals surface area contributed by atoms with Gasteiger partial charge in [0.2, 0.25) is 11.8 Å². The Hall–Kier alpha value is -5.92. The van der Waals surface area contributed by atoms with E-state index in [9.17, 15) is 19.2 Å². The van der Waals surface area contributed by atoms with Crippen LogP contribution in [0, 0.1) is 11.8 Å². The first-order valence-electron chi connectivity index (χ1n) is 18.6. The Balaban J connectivity index is 1.12. The molecule has 0 aliphatic carbocycles. The highest BCUT2D eigenvalue weighted by atomic mass is 16.5. The number of rotatable bonds is 11. The van der Waals surface area contributed by atoms with Gasteiger partial charge in [-0.25, -0.2) is 19.6 Å². The van der Waals surface area contributed by atoms with Gasteiger partial charge in [0.25, 0.3) is 0 Å². The molecule has 0 bridgehead atoms. The molecule has 4 heterocycles. The monoisotopic (exact) mass is 768 g/mol. The Morgan fingerprint density at radius 2 is 1.29 bits per heavy atom. The van der Waals surface area contributed by atoms with Crippen LogP contribution >= 0.6 is 0 Å². The van der Waals surface area contributed by atoms with Gasteiger partial charge in [-0.3, -0.25) is 9.59 Å². The van der Waals surface area contributed by atoms with Gasteiger partial charge in [0, 0.05) is 38.4 Å². The predicted molar refractivity (Wildman–Crippen MR) is 205 cm³/mol. The van der Waals surface area contributed by atoms with Gasteiger partial charge in [-0.15, -0.1) is 0 Å². The highest BCUT2D eigenvalue weighted by Crippen LogP contribution is 2.34. The summed E-state index contributed by atoms with van der Waals surface area (Å²) in [4.78, 5) is 70.9. The second-order valence-electron chi connectivity index (χ2n) is 13.9. The third-order valence-corrected chi connectivity index (χ3v) is 10.5. The molecule has 16 heteroatoms. The van der Waals surface area contributed by atoms with E-state index in [-0.39, 0.29) is 23.9 Å². The number of hydrogen-bond donors (Lipinski definition) is 4. The third-order valence-electron chi connectivity index (χ3n) is 10.5. The molecular formula is C40H48N8O8. The zero-order valence-corrected chi connectivity index (χ0v) is 32.4. The van der Waals surface area contributed by atoms with Crippen LogP contribution in [0.3, 0.4) is 0 Å². The Morgan fingerprint density at radius 1 is 0.750 bits per heavy atom. The summed E-state index contributed by atoms with van der Waals surface area (Å²) in [5, 5.41) is 5.22. The molecule has 2 aromatic heterocycles. The summed E-state index contributed by atoms with van der Waals surface area (Å²) in [5.74, 6) is 7.29. The van der Waals surface area contributed by atoms with Crippen molar-refractivity contribution in [1.29, 1.82) is 0 Å². The number of H-pyrrole nitrogens is 2. The Kier molecular flexibility index (Phi) is 12.6. The van der Waals surface area contributed by atoms with Crippen LogP contribution in [0.25, 0.3) is 22.3 Å². The average molecular weight is 769 g/mol. The highest BCUT2D eigenvalue weighted by Gasteiger charge is 2.40. The summed E-state index contributed by atoms with van der Waals surface area (Å²) in [5.41, 5.74) is 4.90. The van der Waals surface area contributed by atoms with Gasteiger partial charge in [-0.1, -0.05) is 24.0 Å². The fourth-order valence-electron chi connectivity index (χ4n) is 7.19. The summed E-state index contributed by atoms with van der Waals surface area (Å²) in [7, 11) is 5.48. The van der Waals surface area contributed by atoms with Crippen LogP contribution in [0.15, 0.2) is 48.7 Å². The molecule has 16 nitrogen and oxygen atoms in total. The van der Waals surface area contributed by atoms with Crippen molar-refractivity contribution in [3.8, 4) is 23.1 Å². The van der Waals surface area contributed by atoms with Gasteiger partial charge in [0.15, 0.2) is 0 Å². The molecule has 2 fully saturated rings. The number of nitrogens with zero attached hydrogens (tertiary/aromatic N) is 4. The molecule has 296 valence electrons. The number of carbonyl (C=O) groups excluding carboxylic acids is 4. The molecule has 4 amide bonds. The number of alkyl carbamates (subject to hydrolysis) is 2. The highest BCUT2D eigenvalue weighted by molar-refractivity contribution is 5.88. The minimum atomic E-state index is -0.909. The van der Waals surface area contributed by atoms with Crippen molar-refractivity contribution in [1.82, 2.24) is 40.4 Å². The summed E-state index contributed by atoms with van der Waals surface area (Å²) >= 11 is 0. The lowest BCUT2D eigenvalue weighted by molar-refractivity contribution is -0.138. The van der Waals surface area contributed by atoms with Crippen molar-refractivity contribution >= 4 is 35.0 Å². The molecule has 0 saturated carbocycles. The molecule has 4 N–H and O–H groups in total. The molecule has 2 aliphatic heterocycles. The van der Waals surface area contributed by atoms with Crippen molar-refractivity contribution in [3.05, 3.63) is 71.4 Å². The molecule has 0 radical (unpaired) electrons. The van der Waals surface area contributed by atoms with Crippen molar-refractivity contribution in [2.45, 2.75) is 75.9 Å². The van der Waals surface area contributed by atoms with E-state index < -0.39 is 36.5 Å². The Morgan fingerprint density at radius 3 is 1.84 bits per heavy atom. The quantitative estimate of drug-likeness (QED) is 0.161. The zero-order valence-electron chi connectivity index (χ0n) is 32.4. The standard InChI is InChI=1S/C40H48N8O8/c1-23(53-3)33(45-39(51)55-5)37(49)47-19-7-9-31(47)35-41-22-30(44-35)27-16-13-25(14-17-27)11-12-26-15-18-28-29(21-26)43-36(42-28)32-10-8-20-48(32)38(50)34(24(2)54-4)46-40(52)56-6/h13-18,21-24,31-34H,7-10,19-20H2,1-6H3,(H,41,44)(H,42,43)(H,45,51)(H,46,52). The van der Waals surface area contributed by atoms with Crippen LogP contribution in [0.2, 0.25) is 0 Å². The lowest BCUT2D eigenvalue weighted by Crippen LogP contribution is -2.54. The topological polar surface area (TPSA) is 193 Å². The smallest absolute Gasteiger partial charge is 0.407 e. The number of amides is 4. The number of fused-ring (bicyclic) bond motifs is 1. The molecule has 4 aromatic rings. The van der Waals surface area contributed by atoms with E-state index >= 15 is 0 Å². The molecule has 2 aliphatic rings. The summed E-state index contributed by atoms with van der Waals surface area (Å²) < 4.78 is 20.2. The van der Waals surface area contributed by atoms with Crippen LogP contribution in [0.5, 0.6) is 0 Å². The summed E-state index contributed by atoms with van der Waals surface area (Å²) in [6, 6.07) is 11.2. The first-order valence-corrected chi connectivity index (χ1v) is 18.6. The molecular weight excluding hydrogens is 720 g/mol. The largest absolute Gasteiger partial charge is 0.453 e. The van der Waals surface area contributed by atoms with Crippen molar-refractivity contribution < 1.29 is 38.1 Å². The van der Waals surface area contributed by atoms with Crippen LogP contribution in [0.1, 0.15) is 74.4 Å². The number of nitrogens with one attached hydrogen (secondary N) is 4. The van der Waals surface area contributed by atoms with E-state index in [1.807, 2.05) is 42.5 Å². The van der Waals surface area contributed by atoms with E-state index in [0.29, 0.717) is 24.7 Å². The predicted octanol–water partition coefficient (Wildman–Crippen LogP) is 4.20. The lowest BCUT2D eigenvalue weighted by atomic mass is 10.1. The Labute approximate surface area is 325 Å². The maximum atomic E-state index is 13.6. The summed E-state index contributed by atoms with van der Waals surface area (Å²) in [6.07, 6.45) is 2.28. The zero-order chi connectivity index (χ0) is 39.9. The van der Waals surface area contributed by atoms with E-state index in [1.165, 1.54) is 28.4 Å². The van der Waals surface area contributed by atoms with Gasteiger partial charge in [-0.2, -0.15) is 0 Å². The number of imidazole rings is 2. The molecule has 6 rings (SSSR count). The molecule has 56 heavy (non-hydrogen) atoms. The number of benzene rings is 2. The van der Waals surface area contributed by atoms with Crippen molar-refractivity contribution in [2.24, 2.45) is 0 Å². The fourth-order valence-corrected chi connectivity index (χ4v) is 7.19. The Bertz CT molecular complexity index is 2100. The minimum absolute atomic E-state index is 0.259. The minimum Gasteiger partial charge on any atom is -0.453 e. The second kappa shape index (κ2) is 17.7. The van der Waals surface area contributed by atoms with Gasteiger partial charge in [0.05, 0.1) is 61.4 Å². The molecule has 6 atom stereocenters. The van der Waals surface area contributed by atoms with Crippen molar-refractivity contribution in [3.63, 3.8) is 0 Å². The van der Waals surface area contributed by atoms with Gasteiger partial charge >= 0.3 is 12.2 Å². The fraction of sp³-hybridized carbons (Fsp3) is 0.450. The van der Waals surface area contributed by atoms with Gasteiger partial charge in [0.1, 0.15) is 23.7 Å². The molecule has 6 unspecified atom stereocenters. The number of carbonyl (C=O) groups is 4. The lowest BCUT2D eigenvalue weighted by Gasteiger charge is -2.30. The van der Waals surface area contributed by atoms with E-state index in [4.69, 9.17) is 23.9 Å². The second-order valence-corrected chi connectivity index (χ2v) is 13.9. The van der Waals surface area contributed by atoms with Gasteiger partial charge in [-0.05, 0) is 75.4 Å². The number of hydrogen-bond acceptors (Lipinski definition) is 10. The van der Waals surface area contributed by atoms with Crippen LogP contribution in [-0.4, -0.2) is 120 Å². The normalized spacial score (nSPS) is 18.8.